The highest BCUT2D eigenvalue weighted by Crippen LogP contribution is 2.23. The molecule has 0 N–H and O–H groups in total. The van der Waals surface area contributed by atoms with E-state index in [2.05, 4.69) is 17.0 Å². The summed E-state index contributed by atoms with van der Waals surface area (Å²) in [5, 5.41) is 17.5. The third-order valence-corrected chi connectivity index (χ3v) is 4.59. The standard InChI is InChI=1S/C19H24N4O2/c1-25-18-6-2-4-16(15-18)14-17-5-3-10-22(17)11-7-19(24)23(12-8-20)13-9-21/h2,4,6,15,17H,3,5,7,10-14H2,1H3. The maximum Gasteiger partial charge on any atom is 0.225 e. The SMILES string of the molecule is COc1cccc(CC2CCCN2CCC(=O)N(CC#N)CC#N)c1. The van der Waals surface area contributed by atoms with Crippen molar-refractivity contribution in [1.82, 2.24) is 9.80 Å². The van der Waals surface area contributed by atoms with Crippen molar-refractivity contribution in [3.63, 3.8) is 0 Å². The molecule has 1 aliphatic rings. The number of nitriles is 2. The summed E-state index contributed by atoms with van der Waals surface area (Å²) in [7, 11) is 1.67. The van der Waals surface area contributed by atoms with Gasteiger partial charge in [0, 0.05) is 19.0 Å². The fourth-order valence-corrected chi connectivity index (χ4v) is 3.29. The largest absolute Gasteiger partial charge is 0.497 e. The molecule has 132 valence electrons. The highest BCUT2D eigenvalue weighted by atomic mass is 16.5. The minimum Gasteiger partial charge on any atom is -0.497 e. The molecule has 1 saturated heterocycles. The number of nitrogens with zero attached hydrogens (tertiary/aromatic N) is 4. The van der Waals surface area contributed by atoms with Crippen LogP contribution in [0.15, 0.2) is 24.3 Å². The molecule has 0 saturated carbocycles. The van der Waals surface area contributed by atoms with Crippen LogP contribution in [0.3, 0.4) is 0 Å². The number of methoxy groups -OCH3 is 1. The van der Waals surface area contributed by atoms with Crippen LogP contribution < -0.4 is 4.74 Å². The van der Waals surface area contributed by atoms with Gasteiger partial charge in [0.2, 0.25) is 5.91 Å². The second-order valence-corrected chi connectivity index (χ2v) is 6.20. The molecule has 1 atom stereocenters. The van der Waals surface area contributed by atoms with Gasteiger partial charge in [-0.05, 0) is 43.5 Å². The number of hydrogen-bond acceptors (Lipinski definition) is 5. The van der Waals surface area contributed by atoms with Gasteiger partial charge in [-0.3, -0.25) is 9.69 Å². The van der Waals surface area contributed by atoms with Gasteiger partial charge in [0.15, 0.2) is 0 Å². The Morgan fingerprint density at radius 1 is 1.36 bits per heavy atom. The van der Waals surface area contributed by atoms with Crippen molar-refractivity contribution >= 4 is 5.91 Å². The fraction of sp³-hybridized carbons (Fsp3) is 0.526. The van der Waals surface area contributed by atoms with Crippen LogP contribution >= 0.6 is 0 Å². The van der Waals surface area contributed by atoms with E-state index in [1.165, 1.54) is 10.5 Å². The van der Waals surface area contributed by atoms with Crippen LogP contribution in [0.4, 0.5) is 0 Å². The van der Waals surface area contributed by atoms with Crippen molar-refractivity contribution in [2.45, 2.75) is 31.7 Å². The smallest absolute Gasteiger partial charge is 0.225 e. The molecule has 0 spiro atoms. The van der Waals surface area contributed by atoms with Crippen LogP contribution in [0.1, 0.15) is 24.8 Å². The summed E-state index contributed by atoms with van der Waals surface area (Å²) in [4.78, 5) is 15.9. The van der Waals surface area contributed by atoms with Crippen molar-refractivity contribution in [3.05, 3.63) is 29.8 Å². The summed E-state index contributed by atoms with van der Waals surface area (Å²) in [6.07, 6.45) is 3.53. The van der Waals surface area contributed by atoms with E-state index in [1.807, 2.05) is 24.3 Å². The van der Waals surface area contributed by atoms with Gasteiger partial charge in [0.25, 0.3) is 0 Å². The Kier molecular flexibility index (Phi) is 7.25. The molecule has 0 radical (unpaired) electrons. The Morgan fingerprint density at radius 2 is 2.12 bits per heavy atom. The highest BCUT2D eigenvalue weighted by Gasteiger charge is 2.25. The zero-order valence-electron chi connectivity index (χ0n) is 14.6. The minimum absolute atomic E-state index is 0.0281. The number of hydrogen-bond donors (Lipinski definition) is 0. The first-order chi connectivity index (χ1) is 12.2. The van der Waals surface area contributed by atoms with E-state index in [9.17, 15) is 4.79 Å². The molecule has 0 bridgehead atoms. The molecular formula is C19H24N4O2. The summed E-state index contributed by atoms with van der Waals surface area (Å²) in [5.74, 6) is 0.732. The van der Waals surface area contributed by atoms with Gasteiger partial charge >= 0.3 is 0 Å². The number of ether oxygens (including phenoxy) is 1. The molecule has 1 fully saturated rings. The number of carbonyl (C=O) groups excluding carboxylic acids is 1. The van der Waals surface area contributed by atoms with Gasteiger partial charge in [-0.2, -0.15) is 10.5 Å². The predicted octanol–water partition coefficient (Wildman–Crippen LogP) is 1.97. The maximum atomic E-state index is 12.2. The van der Waals surface area contributed by atoms with Gasteiger partial charge < -0.3 is 9.64 Å². The highest BCUT2D eigenvalue weighted by molar-refractivity contribution is 5.76. The van der Waals surface area contributed by atoms with Crippen LogP contribution in [-0.4, -0.2) is 55.0 Å². The second kappa shape index (κ2) is 9.66. The van der Waals surface area contributed by atoms with E-state index >= 15 is 0 Å². The molecule has 6 nitrogen and oxygen atoms in total. The predicted molar refractivity (Wildman–Crippen MR) is 93.7 cm³/mol. The maximum absolute atomic E-state index is 12.2. The van der Waals surface area contributed by atoms with E-state index < -0.39 is 0 Å². The third-order valence-electron chi connectivity index (χ3n) is 4.59. The zero-order chi connectivity index (χ0) is 18.1. The van der Waals surface area contributed by atoms with Gasteiger partial charge in [-0.15, -0.1) is 0 Å². The second-order valence-electron chi connectivity index (χ2n) is 6.20. The lowest BCUT2D eigenvalue weighted by atomic mass is 10.0. The average Bonchev–Trinajstić information content (AvgIpc) is 3.06. The van der Waals surface area contributed by atoms with Crippen LogP contribution in [0, 0.1) is 22.7 Å². The number of carbonyl (C=O) groups is 1. The summed E-state index contributed by atoms with van der Waals surface area (Å²) in [6, 6.07) is 12.4. The Labute approximate surface area is 149 Å². The molecule has 1 aromatic rings. The molecule has 1 amide bonds. The van der Waals surface area contributed by atoms with Gasteiger partial charge in [-0.25, -0.2) is 0 Å². The molecule has 1 aromatic carbocycles. The summed E-state index contributed by atoms with van der Waals surface area (Å²) in [6.45, 7) is 1.60. The molecule has 2 rings (SSSR count). The average molecular weight is 340 g/mol. The summed E-state index contributed by atoms with van der Waals surface area (Å²) < 4.78 is 5.28. The molecule has 1 unspecified atom stereocenters. The normalized spacial score (nSPS) is 16.8. The molecule has 0 aromatic heterocycles. The van der Waals surface area contributed by atoms with Crippen molar-refractivity contribution < 1.29 is 9.53 Å². The minimum atomic E-state index is -0.130. The lowest BCUT2D eigenvalue weighted by Crippen LogP contribution is -2.37. The first-order valence-corrected chi connectivity index (χ1v) is 8.56. The van der Waals surface area contributed by atoms with Gasteiger partial charge in [-0.1, -0.05) is 12.1 Å². The Hall–Kier alpha value is -2.57. The monoisotopic (exact) mass is 340 g/mol. The van der Waals surface area contributed by atoms with Crippen LogP contribution in [0.2, 0.25) is 0 Å². The quantitative estimate of drug-likeness (QED) is 0.676. The number of amides is 1. The lowest BCUT2D eigenvalue weighted by molar-refractivity contribution is -0.130. The topological polar surface area (TPSA) is 80.4 Å². The van der Waals surface area contributed by atoms with E-state index in [0.717, 1.165) is 31.6 Å². The number of benzene rings is 1. The van der Waals surface area contributed by atoms with Crippen LogP contribution in [0.5, 0.6) is 5.75 Å². The van der Waals surface area contributed by atoms with Crippen molar-refractivity contribution in [2.75, 3.05) is 33.3 Å². The Morgan fingerprint density at radius 3 is 2.80 bits per heavy atom. The lowest BCUT2D eigenvalue weighted by Gasteiger charge is -2.25. The van der Waals surface area contributed by atoms with E-state index in [-0.39, 0.29) is 19.0 Å². The summed E-state index contributed by atoms with van der Waals surface area (Å²) >= 11 is 0. The third kappa shape index (κ3) is 5.48. The van der Waals surface area contributed by atoms with E-state index in [1.54, 1.807) is 7.11 Å². The molecule has 1 heterocycles. The molecular weight excluding hydrogens is 316 g/mol. The Balaban J connectivity index is 1.89. The zero-order valence-corrected chi connectivity index (χ0v) is 14.6. The molecule has 0 aliphatic carbocycles. The fourth-order valence-electron chi connectivity index (χ4n) is 3.29. The Bertz CT molecular complexity index is 646. The van der Waals surface area contributed by atoms with Crippen molar-refractivity contribution in [2.24, 2.45) is 0 Å². The van der Waals surface area contributed by atoms with Crippen LogP contribution in [-0.2, 0) is 11.2 Å². The van der Waals surface area contributed by atoms with Crippen molar-refractivity contribution in [3.8, 4) is 17.9 Å². The first-order valence-electron chi connectivity index (χ1n) is 8.56. The van der Waals surface area contributed by atoms with E-state index in [4.69, 9.17) is 15.3 Å². The molecule has 25 heavy (non-hydrogen) atoms. The molecule has 6 heteroatoms. The number of likely N-dealkylation sites (tertiary alicyclic amines) is 1. The van der Waals surface area contributed by atoms with Crippen molar-refractivity contribution in [1.29, 1.82) is 10.5 Å². The van der Waals surface area contributed by atoms with E-state index in [0.29, 0.717) is 19.0 Å². The number of rotatable bonds is 8. The van der Waals surface area contributed by atoms with Gasteiger partial charge in [0.1, 0.15) is 18.8 Å². The van der Waals surface area contributed by atoms with Crippen LogP contribution in [0.25, 0.3) is 0 Å². The summed E-state index contributed by atoms with van der Waals surface area (Å²) in [5.41, 5.74) is 1.23. The first kappa shape index (κ1) is 18.8. The van der Waals surface area contributed by atoms with Gasteiger partial charge in [0.05, 0.1) is 19.2 Å². The molecule has 1 aliphatic heterocycles.